The van der Waals surface area contributed by atoms with Crippen LogP contribution in [0.4, 0.5) is 0 Å². The summed E-state index contributed by atoms with van der Waals surface area (Å²) >= 11 is 0. The summed E-state index contributed by atoms with van der Waals surface area (Å²) in [7, 11) is -3.01. The Morgan fingerprint density at radius 2 is 1.71 bits per heavy atom. The van der Waals surface area contributed by atoms with E-state index < -0.39 is 10.0 Å². The first-order chi connectivity index (χ1) is 6.51. The largest absolute Gasteiger partial charge is 0.316 e. The maximum atomic E-state index is 11.9. The normalized spacial score (nSPS) is 33.9. The lowest BCUT2D eigenvalue weighted by molar-refractivity contribution is 0.442. The monoisotopic (exact) mass is 218 g/mol. The first kappa shape index (κ1) is 10.4. The lowest BCUT2D eigenvalue weighted by Crippen LogP contribution is -2.36. The van der Waals surface area contributed by atoms with Crippen molar-refractivity contribution in [3.8, 4) is 0 Å². The van der Waals surface area contributed by atoms with E-state index in [2.05, 4.69) is 5.32 Å². The van der Waals surface area contributed by atoms with Gasteiger partial charge in [-0.25, -0.2) is 12.7 Å². The van der Waals surface area contributed by atoms with Crippen LogP contribution in [-0.2, 0) is 10.0 Å². The number of sulfonamides is 1. The molecule has 2 heterocycles. The second-order valence-corrected chi connectivity index (χ2v) is 7.08. The van der Waals surface area contributed by atoms with E-state index in [0.29, 0.717) is 11.8 Å². The van der Waals surface area contributed by atoms with Gasteiger partial charge < -0.3 is 5.32 Å². The van der Waals surface area contributed by atoms with Crippen molar-refractivity contribution in [1.29, 1.82) is 0 Å². The molecule has 5 heteroatoms. The second kappa shape index (κ2) is 3.47. The molecule has 0 saturated carbocycles. The first-order valence-electron chi connectivity index (χ1n) is 5.21. The molecule has 0 bridgehead atoms. The molecule has 2 saturated heterocycles. The molecule has 0 aliphatic carbocycles. The Morgan fingerprint density at radius 1 is 1.21 bits per heavy atom. The Labute approximate surface area is 85.7 Å². The van der Waals surface area contributed by atoms with Crippen molar-refractivity contribution in [1.82, 2.24) is 9.62 Å². The molecule has 1 N–H and O–H groups in total. The van der Waals surface area contributed by atoms with Gasteiger partial charge in [-0.05, 0) is 38.8 Å². The number of fused-ring (bicyclic) bond motifs is 1. The highest BCUT2D eigenvalue weighted by atomic mass is 32.2. The van der Waals surface area contributed by atoms with Gasteiger partial charge in [0, 0.05) is 13.1 Å². The van der Waals surface area contributed by atoms with Crippen molar-refractivity contribution in [2.75, 3.05) is 26.2 Å². The van der Waals surface area contributed by atoms with Crippen molar-refractivity contribution >= 4 is 10.0 Å². The van der Waals surface area contributed by atoms with Crippen molar-refractivity contribution in [3.63, 3.8) is 0 Å². The molecular formula is C9H18N2O2S. The van der Waals surface area contributed by atoms with Crippen molar-refractivity contribution in [2.24, 2.45) is 11.8 Å². The molecule has 14 heavy (non-hydrogen) atoms. The summed E-state index contributed by atoms with van der Waals surface area (Å²) in [6, 6.07) is 0. The Bertz CT molecular complexity index is 301. The predicted molar refractivity (Wildman–Crippen MR) is 55.5 cm³/mol. The molecule has 0 amide bonds. The standard InChI is InChI=1S/C9H18N2O2S/c1-7(2)14(12,13)11-5-8-3-10-4-9(8)6-11/h7-10H,3-6H2,1-2H3/t8-,9+. The second-order valence-electron chi connectivity index (χ2n) is 4.59. The topological polar surface area (TPSA) is 49.4 Å². The van der Waals surface area contributed by atoms with Gasteiger partial charge in [0.15, 0.2) is 0 Å². The van der Waals surface area contributed by atoms with Gasteiger partial charge in [-0.1, -0.05) is 0 Å². The molecule has 0 radical (unpaired) electrons. The van der Waals surface area contributed by atoms with E-state index in [0.717, 1.165) is 26.2 Å². The number of nitrogens with zero attached hydrogens (tertiary/aromatic N) is 1. The van der Waals surface area contributed by atoms with E-state index in [4.69, 9.17) is 0 Å². The van der Waals surface area contributed by atoms with Gasteiger partial charge >= 0.3 is 0 Å². The zero-order valence-corrected chi connectivity index (χ0v) is 9.55. The zero-order chi connectivity index (χ0) is 10.3. The molecule has 2 aliphatic rings. The Balaban J connectivity index is 2.09. The molecule has 0 aromatic rings. The lowest BCUT2D eigenvalue weighted by atomic mass is 10.0. The molecule has 4 nitrogen and oxygen atoms in total. The molecule has 2 fully saturated rings. The van der Waals surface area contributed by atoms with Crippen LogP contribution in [0.15, 0.2) is 0 Å². The predicted octanol–water partition coefficient (Wildman–Crippen LogP) is -0.124. The zero-order valence-electron chi connectivity index (χ0n) is 8.73. The summed E-state index contributed by atoms with van der Waals surface area (Å²) in [6.45, 7) is 6.91. The maximum Gasteiger partial charge on any atom is 0.216 e. The summed E-state index contributed by atoms with van der Waals surface area (Å²) in [5.41, 5.74) is 0. The van der Waals surface area contributed by atoms with E-state index in [1.807, 2.05) is 0 Å². The quantitative estimate of drug-likeness (QED) is 0.703. The minimum absolute atomic E-state index is 0.283. The Hall–Kier alpha value is -0.130. The molecule has 2 rings (SSSR count). The summed E-state index contributed by atoms with van der Waals surface area (Å²) in [5.74, 6) is 1.09. The highest BCUT2D eigenvalue weighted by molar-refractivity contribution is 7.89. The lowest BCUT2D eigenvalue weighted by Gasteiger charge is -2.19. The number of nitrogens with one attached hydrogen (secondary N) is 1. The van der Waals surface area contributed by atoms with Crippen LogP contribution < -0.4 is 5.32 Å². The Kier molecular flexibility index (Phi) is 2.57. The molecular weight excluding hydrogens is 200 g/mol. The smallest absolute Gasteiger partial charge is 0.216 e. The van der Waals surface area contributed by atoms with Crippen LogP contribution in [0, 0.1) is 11.8 Å². The van der Waals surface area contributed by atoms with Crippen LogP contribution in [0.1, 0.15) is 13.8 Å². The third kappa shape index (κ3) is 1.57. The molecule has 2 atom stereocenters. The van der Waals surface area contributed by atoms with E-state index in [1.165, 1.54) is 0 Å². The SMILES string of the molecule is CC(C)S(=O)(=O)N1C[C@H]2CNC[C@H]2C1. The fraction of sp³-hybridized carbons (Fsp3) is 1.00. The number of hydrogen-bond acceptors (Lipinski definition) is 3. The van der Waals surface area contributed by atoms with Crippen molar-refractivity contribution in [2.45, 2.75) is 19.1 Å². The fourth-order valence-corrected chi connectivity index (χ4v) is 3.71. The molecule has 2 aliphatic heterocycles. The van der Waals surface area contributed by atoms with Gasteiger partial charge in [-0.15, -0.1) is 0 Å². The van der Waals surface area contributed by atoms with Crippen LogP contribution >= 0.6 is 0 Å². The maximum absolute atomic E-state index is 11.9. The summed E-state index contributed by atoms with van der Waals surface area (Å²) in [5, 5.41) is 3.02. The minimum atomic E-state index is -3.01. The molecule has 0 spiro atoms. The van der Waals surface area contributed by atoms with Gasteiger partial charge in [-0.2, -0.15) is 0 Å². The summed E-state index contributed by atoms with van der Waals surface area (Å²) < 4.78 is 25.4. The van der Waals surface area contributed by atoms with E-state index >= 15 is 0 Å². The molecule has 0 aromatic heterocycles. The number of rotatable bonds is 2. The van der Waals surface area contributed by atoms with Crippen LogP contribution in [0.3, 0.4) is 0 Å². The van der Waals surface area contributed by atoms with Gasteiger partial charge in [-0.3, -0.25) is 0 Å². The minimum Gasteiger partial charge on any atom is -0.316 e. The van der Waals surface area contributed by atoms with Crippen molar-refractivity contribution < 1.29 is 8.42 Å². The van der Waals surface area contributed by atoms with E-state index in [9.17, 15) is 8.42 Å². The first-order valence-corrected chi connectivity index (χ1v) is 6.72. The van der Waals surface area contributed by atoms with Crippen molar-refractivity contribution in [3.05, 3.63) is 0 Å². The molecule has 82 valence electrons. The highest BCUT2D eigenvalue weighted by Gasteiger charge is 2.41. The third-order valence-corrected chi connectivity index (χ3v) is 5.52. The average Bonchev–Trinajstić information content (AvgIpc) is 2.60. The number of hydrogen-bond donors (Lipinski definition) is 1. The molecule has 0 aromatic carbocycles. The van der Waals surface area contributed by atoms with Crippen LogP contribution in [0.25, 0.3) is 0 Å². The summed E-state index contributed by atoms with van der Waals surface area (Å²) in [4.78, 5) is 0. The van der Waals surface area contributed by atoms with Gasteiger partial charge in [0.2, 0.25) is 10.0 Å². The summed E-state index contributed by atoms with van der Waals surface area (Å²) in [6.07, 6.45) is 0. The van der Waals surface area contributed by atoms with Gasteiger partial charge in [0.25, 0.3) is 0 Å². The van der Waals surface area contributed by atoms with Gasteiger partial charge in [0.1, 0.15) is 0 Å². The third-order valence-electron chi connectivity index (χ3n) is 3.31. The van der Waals surface area contributed by atoms with Gasteiger partial charge in [0.05, 0.1) is 5.25 Å². The highest BCUT2D eigenvalue weighted by Crippen LogP contribution is 2.29. The van der Waals surface area contributed by atoms with Crippen LogP contribution in [0.5, 0.6) is 0 Å². The van der Waals surface area contributed by atoms with E-state index in [1.54, 1.807) is 18.2 Å². The van der Waals surface area contributed by atoms with Crippen LogP contribution in [0.2, 0.25) is 0 Å². The Morgan fingerprint density at radius 3 is 2.14 bits per heavy atom. The fourth-order valence-electron chi connectivity index (χ4n) is 2.32. The average molecular weight is 218 g/mol. The molecule has 0 unspecified atom stereocenters. The van der Waals surface area contributed by atoms with Crippen LogP contribution in [-0.4, -0.2) is 44.2 Å². The van der Waals surface area contributed by atoms with E-state index in [-0.39, 0.29) is 5.25 Å².